The third-order valence-electron chi connectivity index (χ3n) is 4.16. The van der Waals surface area contributed by atoms with Crippen molar-refractivity contribution in [1.82, 2.24) is 19.9 Å². The first kappa shape index (κ1) is 16.7. The predicted molar refractivity (Wildman–Crippen MR) is 96.6 cm³/mol. The number of nitrogens with zero attached hydrogens (tertiary/aromatic N) is 4. The fourth-order valence-electron chi connectivity index (χ4n) is 2.90. The number of hydrogen-bond donors (Lipinski definition) is 0. The summed E-state index contributed by atoms with van der Waals surface area (Å²) in [5.74, 6) is 2.09. The molecular formula is C18H18N4O3S. The zero-order chi connectivity index (χ0) is 17.9. The molecule has 0 unspecified atom stereocenters. The van der Waals surface area contributed by atoms with Crippen LogP contribution in [0.5, 0.6) is 5.75 Å². The molecule has 134 valence electrons. The molecule has 1 amide bonds. The zero-order valence-electron chi connectivity index (χ0n) is 14.2. The molecule has 4 rings (SSSR count). The topological polar surface area (TPSA) is 73.4 Å². The van der Waals surface area contributed by atoms with Crippen LogP contribution in [0.4, 0.5) is 0 Å². The third-order valence-corrected chi connectivity index (χ3v) is 5.39. The average molecular weight is 370 g/mol. The molecule has 1 aromatic carbocycles. The monoisotopic (exact) mass is 370 g/mol. The Morgan fingerprint density at radius 3 is 3.04 bits per heavy atom. The molecule has 0 aliphatic carbocycles. The number of hydrogen-bond acceptors (Lipinski definition) is 6. The number of benzene rings is 1. The van der Waals surface area contributed by atoms with Gasteiger partial charge in [0, 0.05) is 0 Å². The van der Waals surface area contributed by atoms with Gasteiger partial charge in [-0.2, -0.15) is 0 Å². The summed E-state index contributed by atoms with van der Waals surface area (Å²) in [5, 5.41) is 8.36. The van der Waals surface area contributed by atoms with E-state index in [2.05, 4.69) is 10.3 Å². The lowest BCUT2D eigenvalue weighted by Crippen LogP contribution is -2.27. The number of amides is 1. The Bertz CT molecular complexity index is 893. The maximum absolute atomic E-state index is 12.2. The minimum absolute atomic E-state index is 0.0822. The van der Waals surface area contributed by atoms with Crippen LogP contribution < -0.4 is 4.74 Å². The fraction of sp³-hybridized carbons (Fsp3) is 0.278. The van der Waals surface area contributed by atoms with Crippen LogP contribution >= 0.6 is 11.8 Å². The van der Waals surface area contributed by atoms with Gasteiger partial charge in [-0.1, -0.05) is 17.3 Å². The first-order valence-corrected chi connectivity index (χ1v) is 9.24. The van der Waals surface area contributed by atoms with E-state index < -0.39 is 0 Å². The number of ether oxygens (including phenoxy) is 1. The van der Waals surface area contributed by atoms with E-state index in [1.807, 2.05) is 42.6 Å². The summed E-state index contributed by atoms with van der Waals surface area (Å²) in [6, 6.07) is 11.5. The highest BCUT2D eigenvalue weighted by Gasteiger charge is 2.35. The Morgan fingerprint density at radius 2 is 2.23 bits per heavy atom. The first-order valence-electron chi connectivity index (χ1n) is 8.19. The summed E-state index contributed by atoms with van der Waals surface area (Å²) in [5.41, 5.74) is 1.85. The van der Waals surface area contributed by atoms with Crippen molar-refractivity contribution in [3.63, 3.8) is 0 Å². The summed E-state index contributed by atoms with van der Waals surface area (Å²) in [6.07, 6.45) is 3.51. The van der Waals surface area contributed by atoms with Gasteiger partial charge in [0.2, 0.25) is 5.91 Å². The van der Waals surface area contributed by atoms with Gasteiger partial charge in [-0.05, 0) is 29.8 Å². The summed E-state index contributed by atoms with van der Waals surface area (Å²) >= 11 is 1.56. The van der Waals surface area contributed by atoms with Crippen LogP contribution in [0.1, 0.15) is 22.4 Å². The number of rotatable bonds is 6. The van der Waals surface area contributed by atoms with Crippen LogP contribution in [0.15, 0.2) is 53.3 Å². The Labute approximate surface area is 154 Å². The van der Waals surface area contributed by atoms with Crippen molar-refractivity contribution in [3.8, 4) is 5.75 Å². The zero-order valence-corrected chi connectivity index (χ0v) is 15.1. The van der Waals surface area contributed by atoms with Crippen molar-refractivity contribution < 1.29 is 13.9 Å². The third kappa shape index (κ3) is 3.45. The van der Waals surface area contributed by atoms with Gasteiger partial charge in [0.25, 0.3) is 0 Å². The van der Waals surface area contributed by atoms with Gasteiger partial charge in [0.1, 0.15) is 22.6 Å². The van der Waals surface area contributed by atoms with Crippen LogP contribution in [0.2, 0.25) is 0 Å². The smallest absolute Gasteiger partial charge is 0.234 e. The second kappa shape index (κ2) is 7.25. The molecule has 1 aliphatic rings. The summed E-state index contributed by atoms with van der Waals surface area (Å²) in [7, 11) is 1.65. The highest BCUT2D eigenvalue weighted by atomic mass is 32.2. The molecule has 1 saturated heterocycles. The van der Waals surface area contributed by atoms with Gasteiger partial charge in [-0.15, -0.1) is 16.9 Å². The van der Waals surface area contributed by atoms with Crippen molar-refractivity contribution in [2.24, 2.45) is 0 Å². The van der Waals surface area contributed by atoms with Crippen LogP contribution in [0.25, 0.3) is 0 Å². The number of thioether (sulfide) groups is 1. The second-order valence-corrected chi connectivity index (χ2v) is 7.03. The Kier molecular flexibility index (Phi) is 4.66. The molecule has 1 atom stereocenters. The summed E-state index contributed by atoms with van der Waals surface area (Å²) in [4.78, 5) is 14.0. The molecule has 3 aromatic rings. The maximum Gasteiger partial charge on any atom is 0.234 e. The number of carbonyl (C=O) groups is 1. The highest BCUT2D eigenvalue weighted by Crippen LogP contribution is 2.38. The van der Waals surface area contributed by atoms with Crippen LogP contribution in [0.3, 0.4) is 0 Å². The van der Waals surface area contributed by atoms with Gasteiger partial charge < -0.3 is 14.1 Å². The molecule has 3 heterocycles. The van der Waals surface area contributed by atoms with E-state index >= 15 is 0 Å². The fourth-order valence-corrected chi connectivity index (χ4v) is 4.02. The Morgan fingerprint density at radius 1 is 1.31 bits per heavy atom. The molecule has 1 fully saturated rings. The quantitative estimate of drug-likeness (QED) is 0.664. The largest absolute Gasteiger partial charge is 0.497 e. The molecule has 26 heavy (non-hydrogen) atoms. The van der Waals surface area contributed by atoms with E-state index in [1.54, 1.807) is 34.7 Å². The summed E-state index contributed by atoms with van der Waals surface area (Å²) in [6.45, 7) is 1.03. The average Bonchev–Trinajstić information content (AvgIpc) is 3.39. The predicted octanol–water partition coefficient (Wildman–Crippen LogP) is 2.70. The lowest BCUT2D eigenvalue weighted by atomic mass is 10.2. The Hall–Kier alpha value is -2.74. The van der Waals surface area contributed by atoms with Crippen LogP contribution in [0, 0.1) is 0 Å². The molecule has 0 bridgehead atoms. The van der Waals surface area contributed by atoms with Crippen LogP contribution in [-0.2, 0) is 17.9 Å². The standard InChI is InChI=1S/C18H18N4O3S/c1-24-14-5-2-4-13(8-14)9-21-11-16(19-20-21)18-22(17(23)12-26-18)10-15-6-3-7-25-15/h2-8,11,18H,9-10,12H2,1H3/t18-/m1/s1. The van der Waals surface area contributed by atoms with Crippen LogP contribution in [-0.4, -0.2) is 38.7 Å². The number of carbonyl (C=O) groups excluding carboxylic acids is 1. The van der Waals surface area contributed by atoms with Gasteiger partial charge in [0.05, 0.1) is 38.4 Å². The highest BCUT2D eigenvalue weighted by molar-refractivity contribution is 8.00. The van der Waals surface area contributed by atoms with Crippen molar-refractivity contribution in [2.75, 3.05) is 12.9 Å². The van der Waals surface area contributed by atoms with E-state index in [9.17, 15) is 4.79 Å². The Balaban J connectivity index is 1.50. The van der Waals surface area contributed by atoms with Gasteiger partial charge >= 0.3 is 0 Å². The van der Waals surface area contributed by atoms with Crippen molar-refractivity contribution >= 4 is 17.7 Å². The lowest BCUT2D eigenvalue weighted by Gasteiger charge is -2.20. The van der Waals surface area contributed by atoms with Gasteiger partial charge in [0.15, 0.2) is 0 Å². The van der Waals surface area contributed by atoms with E-state index in [4.69, 9.17) is 9.15 Å². The molecule has 2 aromatic heterocycles. The molecule has 0 saturated carbocycles. The first-order chi connectivity index (χ1) is 12.7. The molecule has 0 spiro atoms. The van der Waals surface area contributed by atoms with Gasteiger partial charge in [-0.25, -0.2) is 4.68 Å². The molecule has 0 N–H and O–H groups in total. The number of furan rings is 1. The SMILES string of the molecule is COc1cccc(Cn2cc([C@H]3SCC(=O)N3Cc3ccco3)nn2)c1. The number of methoxy groups -OCH3 is 1. The van der Waals surface area contributed by atoms with E-state index in [-0.39, 0.29) is 11.3 Å². The van der Waals surface area contributed by atoms with Gasteiger partial charge in [-0.3, -0.25) is 4.79 Å². The minimum Gasteiger partial charge on any atom is -0.497 e. The molecule has 7 nitrogen and oxygen atoms in total. The summed E-state index contributed by atoms with van der Waals surface area (Å²) < 4.78 is 12.4. The van der Waals surface area contributed by atoms with E-state index in [0.29, 0.717) is 18.8 Å². The maximum atomic E-state index is 12.2. The van der Waals surface area contributed by atoms with Crippen molar-refractivity contribution in [3.05, 3.63) is 65.9 Å². The van der Waals surface area contributed by atoms with Crippen molar-refractivity contribution in [2.45, 2.75) is 18.5 Å². The van der Waals surface area contributed by atoms with Crippen molar-refractivity contribution in [1.29, 1.82) is 0 Å². The van der Waals surface area contributed by atoms with E-state index in [1.165, 1.54) is 0 Å². The number of aromatic nitrogens is 3. The molecule has 0 radical (unpaired) electrons. The van der Waals surface area contributed by atoms with E-state index in [0.717, 1.165) is 22.8 Å². The minimum atomic E-state index is -0.147. The second-order valence-electron chi connectivity index (χ2n) is 5.96. The molecule has 1 aliphatic heterocycles. The normalized spacial score (nSPS) is 17.0. The molecule has 8 heteroatoms. The molecular weight excluding hydrogens is 352 g/mol. The lowest BCUT2D eigenvalue weighted by molar-refractivity contribution is -0.128.